The Morgan fingerprint density at radius 2 is 2.05 bits per heavy atom. The van der Waals surface area contributed by atoms with Gasteiger partial charge in [-0.05, 0) is 31.9 Å². The number of benzene rings is 1. The Balaban J connectivity index is 2.80. The summed E-state index contributed by atoms with van der Waals surface area (Å²) in [6.07, 6.45) is 0.827. The third-order valence-electron chi connectivity index (χ3n) is 3.29. The number of ether oxygens (including phenoxy) is 1. The van der Waals surface area contributed by atoms with Crippen LogP contribution < -0.4 is 10.1 Å². The molecule has 0 saturated carbocycles. The largest absolute Gasteiger partial charge is 0.494 e. The van der Waals surface area contributed by atoms with Crippen LogP contribution in [0, 0.1) is 12.7 Å². The number of rotatable bonds is 4. The fourth-order valence-corrected chi connectivity index (χ4v) is 2.32. The Morgan fingerprint density at radius 3 is 2.63 bits per heavy atom. The minimum atomic E-state index is -0.379. The van der Waals surface area contributed by atoms with Gasteiger partial charge in [-0.25, -0.2) is 4.39 Å². The first-order valence-corrected chi connectivity index (χ1v) is 6.52. The highest BCUT2D eigenvalue weighted by molar-refractivity contribution is 5.94. The Labute approximate surface area is 112 Å². The van der Waals surface area contributed by atoms with Gasteiger partial charge in [0.2, 0.25) is 0 Å². The minimum absolute atomic E-state index is 0.247. The van der Waals surface area contributed by atoms with Crippen LogP contribution in [0.1, 0.15) is 25.1 Å². The van der Waals surface area contributed by atoms with E-state index >= 15 is 0 Å². The van der Waals surface area contributed by atoms with Gasteiger partial charge in [-0.15, -0.1) is 0 Å². The highest BCUT2D eigenvalue weighted by Gasteiger charge is 2.13. The molecule has 0 unspecified atom stereocenters. The van der Waals surface area contributed by atoms with E-state index in [4.69, 9.17) is 4.74 Å². The predicted octanol–water partition coefficient (Wildman–Crippen LogP) is 3.69. The van der Waals surface area contributed by atoms with E-state index in [1.807, 2.05) is 13.8 Å². The second kappa shape index (κ2) is 5.43. The number of methoxy groups -OCH3 is 1. The van der Waals surface area contributed by atoms with E-state index in [1.54, 1.807) is 6.07 Å². The Hall–Kier alpha value is -1.84. The van der Waals surface area contributed by atoms with Crippen molar-refractivity contribution in [2.45, 2.75) is 27.2 Å². The summed E-state index contributed by atoms with van der Waals surface area (Å²) in [7, 11) is 1.47. The highest BCUT2D eigenvalue weighted by atomic mass is 19.1. The molecule has 19 heavy (non-hydrogen) atoms. The van der Waals surface area contributed by atoms with Crippen LogP contribution in [0.25, 0.3) is 10.9 Å². The van der Waals surface area contributed by atoms with Gasteiger partial charge in [-0.2, -0.15) is 0 Å². The lowest BCUT2D eigenvalue weighted by atomic mass is 10.0. The number of nitrogens with zero attached hydrogens (tertiary/aromatic N) is 1. The van der Waals surface area contributed by atoms with Gasteiger partial charge < -0.3 is 10.1 Å². The summed E-state index contributed by atoms with van der Waals surface area (Å²) in [4.78, 5) is 4.54. The second-order valence-corrected chi connectivity index (χ2v) is 4.45. The molecule has 0 fully saturated rings. The first-order valence-electron chi connectivity index (χ1n) is 6.52. The zero-order chi connectivity index (χ0) is 14.0. The minimum Gasteiger partial charge on any atom is -0.494 e. The Kier molecular flexibility index (Phi) is 3.88. The first kappa shape index (κ1) is 13.6. The number of hydrogen-bond acceptors (Lipinski definition) is 3. The zero-order valence-electron chi connectivity index (χ0n) is 11.8. The molecule has 1 aromatic carbocycles. The fourth-order valence-electron chi connectivity index (χ4n) is 2.32. The van der Waals surface area contributed by atoms with Gasteiger partial charge in [-0.3, -0.25) is 4.98 Å². The molecule has 0 amide bonds. The van der Waals surface area contributed by atoms with Gasteiger partial charge in [-0.1, -0.05) is 6.92 Å². The molecule has 0 aliphatic carbocycles. The van der Waals surface area contributed by atoms with Crippen LogP contribution in [0.15, 0.2) is 12.1 Å². The second-order valence-electron chi connectivity index (χ2n) is 4.45. The first-order chi connectivity index (χ1) is 9.12. The number of hydrogen-bond donors (Lipinski definition) is 1. The predicted molar refractivity (Wildman–Crippen MR) is 76.5 cm³/mol. The summed E-state index contributed by atoms with van der Waals surface area (Å²) >= 11 is 0. The number of pyridine rings is 1. The molecule has 0 aliphatic heterocycles. The van der Waals surface area contributed by atoms with Crippen molar-refractivity contribution in [1.82, 2.24) is 4.98 Å². The van der Waals surface area contributed by atoms with Crippen molar-refractivity contribution >= 4 is 16.6 Å². The summed E-state index contributed by atoms with van der Waals surface area (Å²) in [6, 6.07) is 3.15. The quantitative estimate of drug-likeness (QED) is 0.912. The molecular formula is C15H19FN2O. The van der Waals surface area contributed by atoms with E-state index < -0.39 is 0 Å². The average Bonchev–Trinajstić information content (AvgIpc) is 2.41. The van der Waals surface area contributed by atoms with Crippen LogP contribution in [0.3, 0.4) is 0 Å². The molecule has 4 heteroatoms. The van der Waals surface area contributed by atoms with E-state index in [-0.39, 0.29) is 11.6 Å². The third kappa shape index (κ3) is 2.35. The van der Waals surface area contributed by atoms with E-state index in [0.29, 0.717) is 5.52 Å². The molecule has 0 bridgehead atoms. The Morgan fingerprint density at radius 1 is 1.32 bits per heavy atom. The van der Waals surface area contributed by atoms with Crippen LogP contribution in [0.2, 0.25) is 0 Å². The summed E-state index contributed by atoms with van der Waals surface area (Å²) in [5.41, 5.74) is 3.79. The molecule has 1 aromatic heterocycles. The zero-order valence-corrected chi connectivity index (χ0v) is 11.8. The van der Waals surface area contributed by atoms with Gasteiger partial charge >= 0.3 is 0 Å². The lowest BCUT2D eigenvalue weighted by molar-refractivity contribution is 0.387. The van der Waals surface area contributed by atoms with Crippen LogP contribution in [0.5, 0.6) is 5.75 Å². The number of aromatic nitrogens is 1. The Bertz CT molecular complexity index is 611. The maximum atomic E-state index is 13.8. The van der Waals surface area contributed by atoms with Crippen molar-refractivity contribution in [3.63, 3.8) is 0 Å². The SMILES string of the molecule is CCNc1c(C)c(CC)nc2cc(F)c(OC)cc12. The van der Waals surface area contributed by atoms with Gasteiger partial charge in [0, 0.05) is 29.4 Å². The van der Waals surface area contributed by atoms with E-state index in [0.717, 1.165) is 35.3 Å². The van der Waals surface area contributed by atoms with Crippen LogP contribution in [-0.4, -0.2) is 18.6 Å². The van der Waals surface area contributed by atoms with Crippen molar-refractivity contribution in [3.05, 3.63) is 29.2 Å². The van der Waals surface area contributed by atoms with Crippen molar-refractivity contribution in [2.24, 2.45) is 0 Å². The van der Waals surface area contributed by atoms with Crippen LogP contribution >= 0.6 is 0 Å². The molecule has 2 aromatic rings. The van der Waals surface area contributed by atoms with Gasteiger partial charge in [0.25, 0.3) is 0 Å². The normalized spacial score (nSPS) is 10.8. The van der Waals surface area contributed by atoms with Crippen molar-refractivity contribution in [1.29, 1.82) is 0 Å². The smallest absolute Gasteiger partial charge is 0.167 e. The number of aryl methyl sites for hydroxylation is 1. The van der Waals surface area contributed by atoms with Crippen molar-refractivity contribution < 1.29 is 9.13 Å². The monoisotopic (exact) mass is 262 g/mol. The molecule has 102 valence electrons. The molecule has 0 spiro atoms. The van der Waals surface area contributed by atoms with Gasteiger partial charge in [0.05, 0.1) is 12.6 Å². The molecule has 1 heterocycles. The molecule has 1 N–H and O–H groups in total. The van der Waals surface area contributed by atoms with Crippen LogP contribution in [0.4, 0.5) is 10.1 Å². The van der Waals surface area contributed by atoms with Gasteiger partial charge in [0.1, 0.15) is 0 Å². The average molecular weight is 262 g/mol. The third-order valence-corrected chi connectivity index (χ3v) is 3.29. The molecular weight excluding hydrogens is 243 g/mol. The van der Waals surface area contributed by atoms with E-state index in [2.05, 4.69) is 17.2 Å². The van der Waals surface area contributed by atoms with E-state index in [1.165, 1.54) is 13.2 Å². The van der Waals surface area contributed by atoms with Crippen molar-refractivity contribution in [3.8, 4) is 5.75 Å². The maximum Gasteiger partial charge on any atom is 0.167 e. The molecule has 0 aliphatic rings. The molecule has 0 atom stereocenters. The van der Waals surface area contributed by atoms with Gasteiger partial charge in [0.15, 0.2) is 11.6 Å². The van der Waals surface area contributed by atoms with Crippen LogP contribution in [-0.2, 0) is 6.42 Å². The number of nitrogens with one attached hydrogen (secondary N) is 1. The van der Waals surface area contributed by atoms with E-state index in [9.17, 15) is 4.39 Å². The lowest BCUT2D eigenvalue weighted by Crippen LogP contribution is -2.05. The summed E-state index contributed by atoms with van der Waals surface area (Å²) in [6.45, 7) is 6.94. The number of halogens is 1. The fraction of sp³-hybridized carbons (Fsp3) is 0.400. The van der Waals surface area contributed by atoms with Crippen molar-refractivity contribution in [2.75, 3.05) is 19.0 Å². The highest BCUT2D eigenvalue weighted by Crippen LogP contribution is 2.32. The molecule has 3 nitrogen and oxygen atoms in total. The standard InChI is InChI=1S/C15H19FN2O/c1-5-12-9(3)15(17-6-2)10-7-14(19-4)11(16)8-13(10)18-12/h7-8H,5-6H2,1-4H3,(H,17,18). The lowest BCUT2D eigenvalue weighted by Gasteiger charge is -2.15. The molecule has 2 rings (SSSR count). The maximum absolute atomic E-state index is 13.8. The summed E-state index contributed by atoms with van der Waals surface area (Å²) in [5.74, 6) is -0.132. The molecule has 0 saturated heterocycles. The number of anilines is 1. The summed E-state index contributed by atoms with van der Waals surface area (Å²) in [5, 5.41) is 4.24. The number of fused-ring (bicyclic) bond motifs is 1. The summed E-state index contributed by atoms with van der Waals surface area (Å²) < 4.78 is 18.8. The topological polar surface area (TPSA) is 34.2 Å². The molecule has 0 radical (unpaired) electrons.